The molecule has 0 unspecified atom stereocenters. The zero-order valence-corrected chi connectivity index (χ0v) is 19.1. The number of fused-ring (bicyclic) bond motifs is 2. The highest BCUT2D eigenvalue weighted by Gasteiger charge is 2.22. The van der Waals surface area contributed by atoms with Gasteiger partial charge in [-0.2, -0.15) is 0 Å². The summed E-state index contributed by atoms with van der Waals surface area (Å²) in [6, 6.07) is 14.1. The van der Waals surface area contributed by atoms with Gasteiger partial charge in [0.2, 0.25) is 0 Å². The molecule has 1 aromatic heterocycles. The predicted octanol–water partition coefficient (Wildman–Crippen LogP) is 3.98. The SMILES string of the molecule is NC(=O)N(CCCCN1CCCN(c2cccc3c2OCC3)CC1)c1c[nH]c2ccccc12. The summed E-state index contributed by atoms with van der Waals surface area (Å²) in [4.78, 5) is 22.1. The number of hydrogen-bond donors (Lipinski definition) is 2. The Hall–Kier alpha value is -3.19. The minimum atomic E-state index is -0.400. The number of unbranched alkanes of at least 4 members (excludes halogenated alkanes) is 1. The number of aromatic amines is 1. The number of H-pyrrole nitrogens is 1. The second-order valence-electron chi connectivity index (χ2n) is 8.96. The number of ether oxygens (including phenoxy) is 1. The number of nitrogens with two attached hydrogens (primary N) is 1. The van der Waals surface area contributed by atoms with E-state index in [9.17, 15) is 4.79 Å². The number of benzene rings is 2. The van der Waals surface area contributed by atoms with Crippen molar-refractivity contribution in [3.63, 3.8) is 0 Å². The molecule has 0 saturated carbocycles. The van der Waals surface area contributed by atoms with Crippen LogP contribution in [0.5, 0.6) is 5.75 Å². The average molecular weight is 448 g/mol. The topological polar surface area (TPSA) is 77.8 Å². The number of hydrogen-bond acceptors (Lipinski definition) is 4. The van der Waals surface area contributed by atoms with Crippen molar-refractivity contribution in [2.45, 2.75) is 25.7 Å². The summed E-state index contributed by atoms with van der Waals surface area (Å²) in [5.74, 6) is 1.09. The van der Waals surface area contributed by atoms with Crippen LogP contribution in [0.15, 0.2) is 48.7 Å². The highest BCUT2D eigenvalue weighted by Crippen LogP contribution is 2.36. The molecule has 33 heavy (non-hydrogen) atoms. The lowest BCUT2D eigenvalue weighted by Crippen LogP contribution is -2.37. The van der Waals surface area contributed by atoms with Gasteiger partial charge in [-0.1, -0.05) is 30.3 Å². The molecule has 3 aromatic rings. The first-order valence-corrected chi connectivity index (χ1v) is 12.1. The van der Waals surface area contributed by atoms with E-state index in [2.05, 4.69) is 33.0 Å². The first-order valence-electron chi connectivity index (χ1n) is 12.1. The average Bonchev–Trinajstić information content (AvgIpc) is 3.41. The summed E-state index contributed by atoms with van der Waals surface area (Å²) in [6.07, 6.45) is 6.00. The minimum Gasteiger partial charge on any atom is -0.491 e. The molecule has 0 atom stereocenters. The van der Waals surface area contributed by atoms with Crippen molar-refractivity contribution in [3.8, 4) is 5.75 Å². The van der Waals surface area contributed by atoms with E-state index in [1.807, 2.05) is 30.5 Å². The maximum atomic E-state index is 12.1. The summed E-state index contributed by atoms with van der Waals surface area (Å²) >= 11 is 0. The third-order valence-electron chi connectivity index (χ3n) is 6.85. The minimum absolute atomic E-state index is 0.400. The second-order valence-corrected chi connectivity index (χ2v) is 8.96. The first kappa shape index (κ1) is 21.6. The number of para-hydroxylation sites is 2. The van der Waals surface area contributed by atoms with Gasteiger partial charge in [-0.15, -0.1) is 0 Å². The maximum Gasteiger partial charge on any atom is 0.319 e. The van der Waals surface area contributed by atoms with E-state index in [4.69, 9.17) is 10.5 Å². The van der Waals surface area contributed by atoms with Crippen LogP contribution in [0.25, 0.3) is 10.9 Å². The molecule has 1 fully saturated rings. The Kier molecular flexibility index (Phi) is 6.39. The Balaban J connectivity index is 1.13. The number of primary amides is 1. The maximum absolute atomic E-state index is 12.1. The number of carbonyl (C=O) groups excluding carboxylic acids is 1. The molecule has 7 nitrogen and oxygen atoms in total. The van der Waals surface area contributed by atoms with Crippen molar-refractivity contribution >= 4 is 28.3 Å². The number of aromatic nitrogens is 1. The molecule has 0 bridgehead atoms. The number of nitrogens with one attached hydrogen (secondary N) is 1. The molecule has 7 heteroatoms. The van der Waals surface area contributed by atoms with Crippen LogP contribution in [0.4, 0.5) is 16.2 Å². The molecule has 5 rings (SSSR count). The highest BCUT2D eigenvalue weighted by molar-refractivity contribution is 6.02. The smallest absolute Gasteiger partial charge is 0.319 e. The Morgan fingerprint density at radius 2 is 1.97 bits per heavy atom. The van der Waals surface area contributed by atoms with Crippen LogP contribution in [0.1, 0.15) is 24.8 Å². The van der Waals surface area contributed by atoms with E-state index in [0.29, 0.717) is 6.54 Å². The summed E-state index contributed by atoms with van der Waals surface area (Å²) in [7, 11) is 0. The molecule has 174 valence electrons. The Bertz CT molecular complexity index is 1110. The fourth-order valence-electron chi connectivity index (χ4n) is 5.12. The van der Waals surface area contributed by atoms with E-state index < -0.39 is 6.03 Å². The number of anilines is 2. The largest absolute Gasteiger partial charge is 0.491 e. The van der Waals surface area contributed by atoms with Crippen molar-refractivity contribution in [2.24, 2.45) is 5.73 Å². The standard InChI is InChI=1S/C26H33N5O2/c27-26(32)31(24-19-28-22-9-2-1-8-21(22)24)15-4-3-12-29-13-6-14-30(17-16-29)23-10-5-7-20-11-18-33-25(20)23/h1-2,5,7-10,19,28H,3-4,6,11-18H2,(H2,27,32). The zero-order valence-electron chi connectivity index (χ0n) is 19.1. The predicted molar refractivity (Wildman–Crippen MR) is 133 cm³/mol. The molecule has 0 radical (unpaired) electrons. The van der Waals surface area contributed by atoms with E-state index in [-0.39, 0.29) is 0 Å². The van der Waals surface area contributed by atoms with Crippen molar-refractivity contribution in [3.05, 3.63) is 54.2 Å². The molecule has 1 saturated heterocycles. The molecule has 3 N–H and O–H groups in total. The first-order chi connectivity index (χ1) is 16.2. The fraction of sp³-hybridized carbons (Fsp3) is 0.423. The number of carbonyl (C=O) groups is 1. The van der Waals surface area contributed by atoms with Crippen LogP contribution in [-0.2, 0) is 6.42 Å². The lowest BCUT2D eigenvalue weighted by molar-refractivity contribution is 0.253. The van der Waals surface area contributed by atoms with Gasteiger partial charge in [0, 0.05) is 49.7 Å². The third kappa shape index (κ3) is 4.64. The van der Waals surface area contributed by atoms with Gasteiger partial charge in [0.05, 0.1) is 18.0 Å². The Morgan fingerprint density at radius 3 is 2.88 bits per heavy atom. The monoisotopic (exact) mass is 447 g/mol. The van der Waals surface area contributed by atoms with Gasteiger partial charge in [-0.25, -0.2) is 4.79 Å². The number of urea groups is 1. The van der Waals surface area contributed by atoms with Crippen LogP contribution >= 0.6 is 0 Å². The zero-order chi connectivity index (χ0) is 22.6. The Labute approximate surface area is 195 Å². The van der Waals surface area contributed by atoms with Gasteiger partial charge in [-0.05, 0) is 50.0 Å². The van der Waals surface area contributed by atoms with Gasteiger partial charge in [0.15, 0.2) is 0 Å². The number of rotatable bonds is 7. The van der Waals surface area contributed by atoms with Crippen LogP contribution in [0, 0.1) is 0 Å². The molecular weight excluding hydrogens is 414 g/mol. The van der Waals surface area contributed by atoms with Crippen LogP contribution < -0.4 is 20.3 Å². The normalized spacial score (nSPS) is 16.4. The molecule has 2 aliphatic rings. The number of nitrogens with zero attached hydrogens (tertiary/aromatic N) is 3. The second kappa shape index (κ2) is 9.75. The fourth-order valence-corrected chi connectivity index (χ4v) is 5.12. The van der Waals surface area contributed by atoms with Crippen molar-refractivity contribution in [1.29, 1.82) is 0 Å². The molecule has 0 aliphatic carbocycles. The van der Waals surface area contributed by atoms with Gasteiger partial charge in [0.25, 0.3) is 0 Å². The van der Waals surface area contributed by atoms with E-state index in [1.54, 1.807) is 4.90 Å². The summed E-state index contributed by atoms with van der Waals surface area (Å²) in [5.41, 5.74) is 10.2. The van der Waals surface area contributed by atoms with Gasteiger partial charge in [0.1, 0.15) is 5.75 Å². The van der Waals surface area contributed by atoms with Gasteiger partial charge in [-0.3, -0.25) is 4.90 Å². The van der Waals surface area contributed by atoms with E-state index >= 15 is 0 Å². The molecule has 2 aliphatic heterocycles. The molecule has 2 aromatic carbocycles. The quantitative estimate of drug-likeness (QED) is 0.537. The van der Waals surface area contributed by atoms with Crippen molar-refractivity contribution < 1.29 is 9.53 Å². The van der Waals surface area contributed by atoms with Crippen LogP contribution in [-0.4, -0.2) is 61.8 Å². The number of amides is 2. The third-order valence-corrected chi connectivity index (χ3v) is 6.85. The van der Waals surface area contributed by atoms with Crippen LogP contribution in [0.3, 0.4) is 0 Å². The Morgan fingerprint density at radius 1 is 1.06 bits per heavy atom. The summed E-state index contributed by atoms with van der Waals surface area (Å²) in [6.45, 7) is 6.70. The molecular formula is C26H33N5O2. The lowest BCUT2D eigenvalue weighted by atomic mass is 10.1. The van der Waals surface area contributed by atoms with Crippen molar-refractivity contribution in [2.75, 3.05) is 55.7 Å². The van der Waals surface area contributed by atoms with Crippen LogP contribution in [0.2, 0.25) is 0 Å². The molecule has 2 amide bonds. The lowest BCUT2D eigenvalue weighted by Gasteiger charge is -2.25. The molecule has 3 heterocycles. The molecule has 0 spiro atoms. The summed E-state index contributed by atoms with van der Waals surface area (Å²) < 4.78 is 5.93. The van der Waals surface area contributed by atoms with E-state index in [1.165, 1.54) is 11.3 Å². The summed E-state index contributed by atoms with van der Waals surface area (Å²) in [5, 5.41) is 1.03. The van der Waals surface area contributed by atoms with E-state index in [0.717, 1.165) is 87.4 Å². The van der Waals surface area contributed by atoms with Gasteiger partial charge >= 0.3 is 6.03 Å². The van der Waals surface area contributed by atoms with Gasteiger partial charge < -0.3 is 25.3 Å². The van der Waals surface area contributed by atoms with Crippen molar-refractivity contribution in [1.82, 2.24) is 9.88 Å². The highest BCUT2D eigenvalue weighted by atomic mass is 16.5.